The minimum Gasteiger partial charge on any atom is -0.506 e. The van der Waals surface area contributed by atoms with Crippen molar-refractivity contribution in [1.82, 2.24) is 0 Å². The smallest absolute Gasteiger partial charge is 0.330 e. The van der Waals surface area contributed by atoms with E-state index in [0.717, 1.165) is 12.0 Å². The molecule has 8 heteroatoms. The van der Waals surface area contributed by atoms with Crippen molar-refractivity contribution < 1.29 is 38.8 Å². The van der Waals surface area contributed by atoms with E-state index in [-0.39, 0.29) is 40.8 Å². The number of hydrogen-bond acceptors (Lipinski definition) is 7. The Hall–Kier alpha value is -3.91. The van der Waals surface area contributed by atoms with Crippen molar-refractivity contribution in [3.8, 4) is 17.2 Å². The molecular formula is C38H44O8. The van der Waals surface area contributed by atoms with Crippen molar-refractivity contribution in [3.63, 3.8) is 0 Å². The number of aromatic hydroxyl groups is 1. The van der Waals surface area contributed by atoms with Gasteiger partial charge in [-0.05, 0) is 93.2 Å². The Morgan fingerprint density at radius 2 is 1.70 bits per heavy atom. The standard InChI is InChI=1S/C38H44O8/c1-20(2)10-9-15-36(8)16-14-24-29(39)28-30(40)26-18-23-19-27-35(6,7)46-37(33(23)41,17-13-22(5)34(42)43)38(26,27)45-32(28)25(31(24)44-36)12-11-21(3)4/h10-11,13-14,16,18,23,27,39H,9,12,15,17,19H2,1-8H3,(H,42,43)/t23-,27+,36+,37+,38+/m1/s1. The Morgan fingerprint density at radius 3 is 2.35 bits per heavy atom. The molecule has 1 saturated carbocycles. The zero-order valence-electron chi connectivity index (χ0n) is 28.0. The average molecular weight is 629 g/mol. The number of ketones is 2. The molecule has 1 aromatic carbocycles. The van der Waals surface area contributed by atoms with Gasteiger partial charge in [0.2, 0.25) is 0 Å². The van der Waals surface area contributed by atoms with Gasteiger partial charge in [-0.2, -0.15) is 0 Å². The summed E-state index contributed by atoms with van der Waals surface area (Å²) in [6.45, 7) is 15.4. The Bertz CT molecular complexity index is 1730. The quantitative estimate of drug-likeness (QED) is 0.228. The molecule has 0 amide bonds. The van der Waals surface area contributed by atoms with Gasteiger partial charge in [-0.25, -0.2) is 4.79 Å². The third-order valence-electron chi connectivity index (χ3n) is 10.5. The fourth-order valence-electron chi connectivity index (χ4n) is 8.17. The molecule has 3 aliphatic carbocycles. The zero-order valence-corrected chi connectivity index (χ0v) is 28.0. The van der Waals surface area contributed by atoms with Gasteiger partial charge < -0.3 is 24.4 Å². The van der Waals surface area contributed by atoms with E-state index in [0.29, 0.717) is 41.7 Å². The number of carboxylic acid groups (broad SMARTS) is 1. The molecule has 4 bridgehead atoms. The molecule has 46 heavy (non-hydrogen) atoms. The first-order valence-electron chi connectivity index (χ1n) is 16.2. The molecule has 244 valence electrons. The van der Waals surface area contributed by atoms with Gasteiger partial charge >= 0.3 is 5.97 Å². The van der Waals surface area contributed by atoms with Crippen LogP contribution in [0, 0.1) is 11.8 Å². The van der Waals surface area contributed by atoms with E-state index < -0.39 is 40.1 Å². The second-order valence-corrected chi connectivity index (χ2v) is 14.8. The molecule has 2 N–H and O–H groups in total. The molecular weight excluding hydrogens is 584 g/mol. The number of benzene rings is 1. The number of carboxylic acids is 1. The van der Waals surface area contributed by atoms with E-state index in [4.69, 9.17) is 14.2 Å². The van der Waals surface area contributed by atoms with Gasteiger partial charge in [-0.1, -0.05) is 35.5 Å². The lowest BCUT2D eigenvalue weighted by Crippen LogP contribution is -2.72. The van der Waals surface area contributed by atoms with Crippen LogP contribution >= 0.6 is 0 Å². The molecule has 1 spiro atoms. The highest BCUT2D eigenvalue weighted by molar-refractivity contribution is 6.19. The van der Waals surface area contributed by atoms with Crippen LogP contribution in [0.2, 0.25) is 0 Å². The summed E-state index contributed by atoms with van der Waals surface area (Å²) in [6, 6.07) is 0. The third kappa shape index (κ3) is 4.47. The molecule has 0 radical (unpaired) electrons. The van der Waals surface area contributed by atoms with Gasteiger partial charge in [0.05, 0.1) is 11.2 Å². The molecule has 7 rings (SSSR count). The molecule has 3 heterocycles. The Kier molecular flexibility index (Phi) is 7.36. The SMILES string of the molecule is CC(C)=CCC[C@@]1(C)C=Cc2c(O)c3c(c(CC=C(C)C)c2O1)O[C@@]12C(=C[C@@H]4C[C@H]1C(C)(C)O[C@@]2(CC=C(C)C(=O)O)C4=O)C3=O. The number of ether oxygens (including phenoxy) is 3. The molecule has 1 aromatic rings. The van der Waals surface area contributed by atoms with Crippen LogP contribution in [-0.4, -0.2) is 50.2 Å². The molecule has 0 unspecified atom stereocenters. The number of carbonyl (C=O) groups is 3. The van der Waals surface area contributed by atoms with E-state index in [1.165, 1.54) is 18.6 Å². The monoisotopic (exact) mass is 628 g/mol. The van der Waals surface area contributed by atoms with Crippen LogP contribution in [0.3, 0.4) is 0 Å². The van der Waals surface area contributed by atoms with Crippen molar-refractivity contribution in [1.29, 1.82) is 0 Å². The van der Waals surface area contributed by atoms with Gasteiger partial charge in [0.1, 0.15) is 28.4 Å². The second-order valence-electron chi connectivity index (χ2n) is 14.8. The van der Waals surface area contributed by atoms with Gasteiger partial charge in [0.15, 0.2) is 22.8 Å². The van der Waals surface area contributed by atoms with E-state index in [1.807, 2.05) is 52.8 Å². The predicted octanol–water partition coefficient (Wildman–Crippen LogP) is 7.24. The van der Waals surface area contributed by atoms with Gasteiger partial charge in [-0.3, -0.25) is 9.59 Å². The molecule has 0 aromatic heterocycles. The van der Waals surface area contributed by atoms with Gasteiger partial charge in [0, 0.05) is 35.0 Å². The number of carbonyl (C=O) groups excluding carboxylic acids is 2. The lowest BCUT2D eigenvalue weighted by atomic mass is 9.51. The van der Waals surface area contributed by atoms with Crippen LogP contribution < -0.4 is 9.47 Å². The van der Waals surface area contributed by atoms with Crippen molar-refractivity contribution >= 4 is 23.6 Å². The summed E-state index contributed by atoms with van der Waals surface area (Å²) >= 11 is 0. The van der Waals surface area contributed by atoms with Crippen LogP contribution in [-0.2, 0) is 20.7 Å². The largest absolute Gasteiger partial charge is 0.506 e. The summed E-state index contributed by atoms with van der Waals surface area (Å²) in [7, 11) is 0. The highest BCUT2D eigenvalue weighted by Gasteiger charge is 2.81. The number of aliphatic carboxylic acids is 1. The number of fused-ring (bicyclic) bond motifs is 2. The van der Waals surface area contributed by atoms with E-state index in [9.17, 15) is 24.6 Å². The first-order valence-corrected chi connectivity index (χ1v) is 16.2. The zero-order chi connectivity index (χ0) is 33.6. The van der Waals surface area contributed by atoms with Gasteiger partial charge in [-0.15, -0.1) is 0 Å². The van der Waals surface area contributed by atoms with Crippen LogP contribution in [0.5, 0.6) is 17.2 Å². The lowest BCUT2D eigenvalue weighted by Gasteiger charge is -2.56. The van der Waals surface area contributed by atoms with Crippen LogP contribution in [0.15, 0.2) is 52.7 Å². The maximum Gasteiger partial charge on any atom is 0.330 e. The highest BCUT2D eigenvalue weighted by Crippen LogP contribution is 2.68. The number of phenols is 1. The fraction of sp³-hybridized carbons (Fsp3) is 0.500. The summed E-state index contributed by atoms with van der Waals surface area (Å²) in [5.41, 5.74) is -0.952. The number of rotatable bonds is 8. The maximum atomic E-state index is 14.7. The van der Waals surface area contributed by atoms with Crippen molar-refractivity contribution in [2.24, 2.45) is 11.8 Å². The first-order chi connectivity index (χ1) is 21.5. The minimum atomic E-state index is -1.63. The molecule has 5 atom stereocenters. The third-order valence-corrected chi connectivity index (χ3v) is 10.5. The van der Waals surface area contributed by atoms with Gasteiger partial charge in [0.25, 0.3) is 0 Å². The summed E-state index contributed by atoms with van der Waals surface area (Å²) in [4.78, 5) is 40.8. The summed E-state index contributed by atoms with van der Waals surface area (Å²) in [6.07, 6.45) is 13.4. The van der Waals surface area contributed by atoms with E-state index >= 15 is 0 Å². The molecule has 2 fully saturated rings. The molecule has 1 saturated heterocycles. The Labute approximate surface area is 270 Å². The van der Waals surface area contributed by atoms with Crippen LogP contribution in [0.1, 0.15) is 103 Å². The minimum absolute atomic E-state index is 0.0544. The summed E-state index contributed by atoms with van der Waals surface area (Å²) in [5.74, 6) is -2.28. The molecule has 3 aliphatic heterocycles. The number of allylic oxidation sites excluding steroid dienone is 5. The molecule has 8 nitrogen and oxygen atoms in total. The van der Waals surface area contributed by atoms with E-state index in [2.05, 4.69) is 19.9 Å². The average Bonchev–Trinajstić information content (AvgIpc) is 3.12. The normalized spacial score (nSPS) is 31.2. The Balaban J connectivity index is 1.59. The Morgan fingerprint density at radius 1 is 1.00 bits per heavy atom. The number of phenolic OH excluding ortho intramolecular Hbond substituents is 1. The molecule has 6 aliphatic rings. The predicted molar refractivity (Wildman–Crippen MR) is 174 cm³/mol. The van der Waals surface area contributed by atoms with Crippen molar-refractivity contribution in [2.45, 2.75) is 110 Å². The van der Waals surface area contributed by atoms with Crippen molar-refractivity contribution in [2.75, 3.05) is 0 Å². The number of hydrogen-bond donors (Lipinski definition) is 2. The summed E-state index contributed by atoms with van der Waals surface area (Å²) in [5, 5.41) is 21.4. The second kappa shape index (κ2) is 10.6. The van der Waals surface area contributed by atoms with Crippen LogP contribution in [0.4, 0.5) is 0 Å². The van der Waals surface area contributed by atoms with E-state index in [1.54, 1.807) is 6.08 Å². The highest BCUT2D eigenvalue weighted by atomic mass is 16.6. The topological polar surface area (TPSA) is 119 Å². The lowest BCUT2D eigenvalue weighted by molar-refractivity contribution is -0.171. The first kappa shape index (κ1) is 32.0. The fourth-order valence-corrected chi connectivity index (χ4v) is 8.17. The van der Waals surface area contributed by atoms with Crippen molar-refractivity contribution in [3.05, 3.63) is 69.4 Å². The summed E-state index contributed by atoms with van der Waals surface area (Å²) < 4.78 is 20.6. The maximum absolute atomic E-state index is 14.7. The number of Topliss-reactive ketones (excluding diaryl/α,β-unsaturated/α-hetero) is 2. The van der Waals surface area contributed by atoms with Crippen LogP contribution in [0.25, 0.3) is 6.08 Å².